The van der Waals surface area contributed by atoms with Gasteiger partial charge in [0.2, 0.25) is 0 Å². The average molecular weight is 380 g/mol. The fraction of sp³-hybridized carbons (Fsp3) is 0.333. The van der Waals surface area contributed by atoms with Crippen LogP contribution in [0, 0.1) is 0 Å². The first-order valence-corrected chi connectivity index (χ1v) is 9.40. The lowest BCUT2D eigenvalue weighted by Crippen LogP contribution is -2.27. The zero-order chi connectivity index (χ0) is 19.9. The normalized spacial score (nSPS) is 10.9. The van der Waals surface area contributed by atoms with Crippen LogP contribution in [-0.4, -0.2) is 40.0 Å². The van der Waals surface area contributed by atoms with Crippen LogP contribution in [0.4, 0.5) is 0 Å². The molecular weight excluding hydrogens is 356 g/mol. The first kappa shape index (κ1) is 19.7. The molecule has 0 aliphatic carbocycles. The first-order chi connectivity index (χ1) is 13.6. The summed E-state index contributed by atoms with van der Waals surface area (Å²) in [5.74, 6) is 1.52. The minimum Gasteiger partial charge on any atom is -0.494 e. The molecule has 1 N–H and O–H groups in total. The molecule has 2 aromatic heterocycles. The van der Waals surface area contributed by atoms with Crippen molar-refractivity contribution in [3.8, 4) is 11.4 Å². The van der Waals surface area contributed by atoms with Crippen LogP contribution in [0.2, 0.25) is 0 Å². The number of aromatic nitrogens is 3. The van der Waals surface area contributed by atoms with Gasteiger partial charge in [-0.3, -0.25) is 14.2 Å². The summed E-state index contributed by atoms with van der Waals surface area (Å²) in [6.07, 6.45) is 2.65. The van der Waals surface area contributed by atoms with Gasteiger partial charge in [0.25, 0.3) is 5.56 Å². The number of hydrogen-bond donors (Lipinski definition) is 1. The first-order valence-electron chi connectivity index (χ1n) is 9.40. The second-order valence-electron chi connectivity index (χ2n) is 6.42. The second-order valence-corrected chi connectivity index (χ2v) is 6.42. The van der Waals surface area contributed by atoms with Gasteiger partial charge in [-0.15, -0.1) is 0 Å². The van der Waals surface area contributed by atoms with Crippen molar-refractivity contribution in [1.82, 2.24) is 19.9 Å². The Labute approximate surface area is 163 Å². The highest BCUT2D eigenvalue weighted by atomic mass is 16.5. The quantitative estimate of drug-likeness (QED) is 0.573. The smallest absolute Gasteiger partial charge is 0.267 e. The van der Waals surface area contributed by atoms with Gasteiger partial charge in [0.05, 0.1) is 17.7 Å². The maximum absolute atomic E-state index is 13.1. The van der Waals surface area contributed by atoms with Crippen molar-refractivity contribution in [2.45, 2.75) is 26.7 Å². The van der Waals surface area contributed by atoms with E-state index in [1.807, 2.05) is 31.2 Å². The maximum Gasteiger partial charge on any atom is 0.267 e. The van der Waals surface area contributed by atoms with Crippen LogP contribution in [-0.2, 0) is 11.2 Å². The summed E-state index contributed by atoms with van der Waals surface area (Å²) < 4.78 is 7.11. The second kappa shape index (κ2) is 9.23. The summed E-state index contributed by atoms with van der Waals surface area (Å²) in [7, 11) is 0. The predicted molar refractivity (Wildman–Crippen MR) is 108 cm³/mol. The van der Waals surface area contributed by atoms with Crippen LogP contribution in [0.3, 0.4) is 0 Å². The minimum atomic E-state index is -0.152. The molecule has 7 nitrogen and oxygen atoms in total. The molecule has 3 aromatic rings. The number of carbonyl (C=O) groups excluding carboxylic acids is 1. The Bertz CT molecular complexity index is 1010. The fourth-order valence-electron chi connectivity index (χ4n) is 2.94. The van der Waals surface area contributed by atoms with Crippen molar-refractivity contribution in [1.29, 1.82) is 0 Å². The van der Waals surface area contributed by atoms with Crippen LogP contribution in [0.1, 0.15) is 26.1 Å². The summed E-state index contributed by atoms with van der Waals surface area (Å²) in [4.78, 5) is 33.0. The number of ether oxygens (including phenoxy) is 1. The highest BCUT2D eigenvalue weighted by Gasteiger charge is 2.13. The summed E-state index contributed by atoms with van der Waals surface area (Å²) in [6.45, 7) is 5.29. The summed E-state index contributed by atoms with van der Waals surface area (Å²) in [5.41, 5.74) is 1.01. The largest absolute Gasteiger partial charge is 0.494 e. The van der Waals surface area contributed by atoms with Gasteiger partial charge in [-0.1, -0.05) is 0 Å². The molecule has 2 heterocycles. The van der Waals surface area contributed by atoms with Crippen LogP contribution in [0.15, 0.2) is 47.4 Å². The summed E-state index contributed by atoms with van der Waals surface area (Å²) in [5, 5.41) is 3.70. The highest BCUT2D eigenvalue weighted by molar-refractivity contribution is 5.75. The molecule has 0 unspecified atom stereocenters. The van der Waals surface area contributed by atoms with Gasteiger partial charge in [0, 0.05) is 32.1 Å². The van der Waals surface area contributed by atoms with Gasteiger partial charge in [0.1, 0.15) is 17.4 Å². The number of fused-ring (bicyclic) bond motifs is 1. The lowest BCUT2D eigenvalue weighted by Gasteiger charge is -2.14. The van der Waals surface area contributed by atoms with Gasteiger partial charge in [-0.2, -0.15) is 0 Å². The van der Waals surface area contributed by atoms with Crippen molar-refractivity contribution in [3.63, 3.8) is 0 Å². The van der Waals surface area contributed by atoms with Gasteiger partial charge in [-0.25, -0.2) is 9.97 Å². The van der Waals surface area contributed by atoms with Gasteiger partial charge in [-0.05, 0) is 50.2 Å². The molecule has 0 atom stereocenters. The Morgan fingerprint density at radius 1 is 1.18 bits per heavy atom. The Morgan fingerprint density at radius 2 is 1.96 bits per heavy atom. The third-order valence-corrected chi connectivity index (χ3v) is 4.30. The monoisotopic (exact) mass is 380 g/mol. The molecule has 7 heteroatoms. The molecule has 28 heavy (non-hydrogen) atoms. The number of rotatable bonds is 9. The maximum atomic E-state index is 13.1. The Balaban J connectivity index is 1.94. The number of pyridine rings is 1. The standard InChI is InChI=1S/C21H24N4O3/c1-3-28-17-8-6-16(7-9-17)25-19(11-14-22-13-10-15(2)26)24-20-18(21(25)27)5-4-12-23-20/h4-9,12,22H,3,10-11,13-14H2,1-2H3. The summed E-state index contributed by atoms with van der Waals surface area (Å²) >= 11 is 0. The van der Waals surface area contributed by atoms with Gasteiger partial charge >= 0.3 is 0 Å². The number of carbonyl (C=O) groups is 1. The molecule has 0 amide bonds. The van der Waals surface area contributed by atoms with E-state index in [9.17, 15) is 9.59 Å². The number of nitrogens with zero attached hydrogens (tertiary/aromatic N) is 3. The molecule has 0 fully saturated rings. The van der Waals surface area contributed by atoms with Crippen LogP contribution in [0.25, 0.3) is 16.7 Å². The van der Waals surface area contributed by atoms with E-state index >= 15 is 0 Å². The van der Waals surface area contributed by atoms with Crippen LogP contribution in [0.5, 0.6) is 5.75 Å². The fourth-order valence-corrected chi connectivity index (χ4v) is 2.94. The van der Waals surface area contributed by atoms with E-state index in [2.05, 4.69) is 15.3 Å². The number of ketones is 1. The molecule has 0 aliphatic rings. The molecule has 0 aliphatic heterocycles. The number of benzene rings is 1. The SMILES string of the molecule is CCOc1ccc(-n2c(CCNCCC(C)=O)nc3ncccc3c2=O)cc1. The Kier molecular flexibility index (Phi) is 6.49. The van der Waals surface area contributed by atoms with E-state index in [1.54, 1.807) is 29.8 Å². The van der Waals surface area contributed by atoms with E-state index in [4.69, 9.17) is 4.74 Å². The zero-order valence-corrected chi connectivity index (χ0v) is 16.1. The van der Waals surface area contributed by atoms with Crippen LogP contribution >= 0.6 is 0 Å². The molecule has 146 valence electrons. The lowest BCUT2D eigenvalue weighted by molar-refractivity contribution is -0.116. The predicted octanol–water partition coefficient (Wildman–Crippen LogP) is 2.29. The van der Waals surface area contributed by atoms with E-state index in [0.717, 1.165) is 11.4 Å². The third kappa shape index (κ3) is 4.61. The van der Waals surface area contributed by atoms with E-state index in [-0.39, 0.29) is 11.3 Å². The van der Waals surface area contributed by atoms with Crippen molar-refractivity contribution >= 4 is 16.8 Å². The van der Waals surface area contributed by atoms with E-state index in [1.165, 1.54) is 0 Å². The highest BCUT2D eigenvalue weighted by Crippen LogP contribution is 2.17. The van der Waals surface area contributed by atoms with Crippen molar-refractivity contribution < 1.29 is 9.53 Å². The molecular formula is C21H24N4O3. The van der Waals surface area contributed by atoms with Gasteiger partial charge in [0.15, 0.2) is 5.65 Å². The average Bonchev–Trinajstić information content (AvgIpc) is 2.69. The van der Waals surface area contributed by atoms with E-state index < -0.39 is 0 Å². The lowest BCUT2D eigenvalue weighted by atomic mass is 10.2. The molecule has 0 saturated carbocycles. The number of hydrogen-bond acceptors (Lipinski definition) is 6. The molecule has 0 spiro atoms. The van der Waals surface area contributed by atoms with Gasteiger partial charge < -0.3 is 10.1 Å². The third-order valence-electron chi connectivity index (χ3n) is 4.30. The Morgan fingerprint density at radius 3 is 2.68 bits per heavy atom. The molecule has 0 bridgehead atoms. The van der Waals surface area contributed by atoms with Crippen molar-refractivity contribution in [2.75, 3.05) is 19.7 Å². The molecule has 3 rings (SSSR count). The van der Waals surface area contributed by atoms with Crippen molar-refractivity contribution in [3.05, 3.63) is 58.8 Å². The zero-order valence-electron chi connectivity index (χ0n) is 16.1. The molecule has 1 aromatic carbocycles. The Hall–Kier alpha value is -3.06. The summed E-state index contributed by atoms with van der Waals surface area (Å²) in [6, 6.07) is 10.8. The van der Waals surface area contributed by atoms with E-state index in [0.29, 0.717) is 49.4 Å². The minimum absolute atomic E-state index is 0.145. The number of Topliss-reactive ketones (excluding diaryl/α,β-unsaturated/α-hetero) is 1. The molecule has 0 saturated heterocycles. The topological polar surface area (TPSA) is 86.1 Å². The van der Waals surface area contributed by atoms with Crippen LogP contribution < -0.4 is 15.6 Å². The molecule has 0 radical (unpaired) electrons. The number of nitrogens with one attached hydrogen (secondary N) is 1. The van der Waals surface area contributed by atoms with Crippen molar-refractivity contribution in [2.24, 2.45) is 0 Å².